The van der Waals surface area contributed by atoms with Gasteiger partial charge in [0.2, 0.25) is 11.8 Å². The van der Waals surface area contributed by atoms with Gasteiger partial charge in [-0.2, -0.15) is 0 Å². The minimum atomic E-state index is -0.356. The Labute approximate surface area is 132 Å². The van der Waals surface area contributed by atoms with Gasteiger partial charge in [-0.1, -0.05) is 35.0 Å². The van der Waals surface area contributed by atoms with Gasteiger partial charge >= 0.3 is 0 Å². The van der Waals surface area contributed by atoms with E-state index < -0.39 is 0 Å². The van der Waals surface area contributed by atoms with E-state index >= 15 is 0 Å². The number of oxime groups is 1. The van der Waals surface area contributed by atoms with Crippen LogP contribution in [0.2, 0.25) is 0 Å². The molecule has 0 unspecified atom stereocenters. The van der Waals surface area contributed by atoms with Crippen molar-refractivity contribution < 1.29 is 14.8 Å². The van der Waals surface area contributed by atoms with Crippen molar-refractivity contribution in [3.63, 3.8) is 0 Å². The van der Waals surface area contributed by atoms with Crippen LogP contribution < -0.4 is 4.90 Å². The minimum Gasteiger partial charge on any atom is -0.411 e. The molecule has 0 radical (unpaired) electrons. The lowest BCUT2D eigenvalue weighted by atomic mass is 9.85. The molecule has 1 fully saturated rings. The zero-order valence-electron chi connectivity index (χ0n) is 12.0. The molecule has 1 saturated heterocycles. The van der Waals surface area contributed by atoms with Crippen LogP contribution in [0, 0.1) is 11.8 Å². The largest absolute Gasteiger partial charge is 0.411 e. The van der Waals surface area contributed by atoms with Gasteiger partial charge in [0.25, 0.3) is 0 Å². The highest BCUT2D eigenvalue weighted by molar-refractivity contribution is 6.30. The molecule has 5 nitrogen and oxygen atoms in total. The number of fused-ring (bicyclic) bond motifs is 1. The summed E-state index contributed by atoms with van der Waals surface area (Å²) in [4.78, 5) is 26.3. The maximum atomic E-state index is 12.5. The summed E-state index contributed by atoms with van der Waals surface area (Å²) in [6.45, 7) is 1.67. The number of halogens is 1. The highest BCUT2D eigenvalue weighted by atomic mass is 35.5. The van der Waals surface area contributed by atoms with Crippen LogP contribution in [0.1, 0.15) is 25.3 Å². The second-order valence-electron chi connectivity index (χ2n) is 5.55. The molecule has 3 rings (SSSR count). The van der Waals surface area contributed by atoms with E-state index in [4.69, 9.17) is 16.8 Å². The number of benzene rings is 1. The number of hydrogen-bond donors (Lipinski definition) is 1. The number of carbonyl (C=O) groups is 2. The monoisotopic (exact) mass is 318 g/mol. The molecule has 1 N–H and O–H groups in total. The molecular formula is C16H15ClN2O3. The molecule has 2 aliphatic rings. The zero-order chi connectivity index (χ0) is 15.9. The molecule has 0 aromatic heterocycles. The van der Waals surface area contributed by atoms with Gasteiger partial charge < -0.3 is 5.21 Å². The molecule has 22 heavy (non-hydrogen) atoms. The minimum absolute atomic E-state index is 0.171. The first-order valence-electron chi connectivity index (χ1n) is 7.04. The van der Waals surface area contributed by atoms with E-state index in [0.717, 1.165) is 5.56 Å². The molecule has 1 aliphatic heterocycles. The van der Waals surface area contributed by atoms with E-state index in [1.165, 1.54) is 4.90 Å². The number of carbonyl (C=O) groups excluding carboxylic acids is 2. The van der Waals surface area contributed by atoms with Gasteiger partial charge in [0.1, 0.15) is 0 Å². The maximum Gasteiger partial charge on any atom is 0.238 e. The van der Waals surface area contributed by atoms with Crippen LogP contribution in [-0.4, -0.2) is 22.7 Å². The Morgan fingerprint density at radius 1 is 1.23 bits per heavy atom. The second kappa shape index (κ2) is 5.57. The molecule has 0 saturated carbocycles. The number of rotatable bonds is 2. The lowest BCUT2D eigenvalue weighted by Crippen LogP contribution is -2.30. The summed E-state index contributed by atoms with van der Waals surface area (Å²) in [6.07, 6.45) is 2.77. The molecule has 1 aromatic rings. The Morgan fingerprint density at radius 3 is 2.50 bits per heavy atom. The molecular weight excluding hydrogens is 304 g/mol. The third kappa shape index (κ3) is 2.31. The first-order valence-corrected chi connectivity index (χ1v) is 7.42. The van der Waals surface area contributed by atoms with Crippen LogP contribution in [0.3, 0.4) is 0 Å². The number of anilines is 1. The van der Waals surface area contributed by atoms with E-state index in [1.807, 2.05) is 6.08 Å². The maximum absolute atomic E-state index is 12.5. The molecule has 6 heteroatoms. The fourth-order valence-electron chi connectivity index (χ4n) is 2.99. The van der Waals surface area contributed by atoms with Crippen molar-refractivity contribution >= 4 is 34.8 Å². The highest BCUT2D eigenvalue weighted by Crippen LogP contribution is 2.40. The van der Waals surface area contributed by atoms with Crippen LogP contribution in [0.15, 0.2) is 40.5 Å². The Balaban J connectivity index is 1.90. The van der Waals surface area contributed by atoms with E-state index in [9.17, 15) is 9.59 Å². The average molecular weight is 319 g/mol. The lowest BCUT2D eigenvalue weighted by molar-refractivity contribution is -0.122. The zero-order valence-corrected chi connectivity index (χ0v) is 12.7. The number of allylic oxidation sites excluding steroid dienone is 2. The second-order valence-corrected chi connectivity index (χ2v) is 6.03. The van der Waals surface area contributed by atoms with Crippen molar-refractivity contribution in [1.82, 2.24) is 0 Å². The van der Waals surface area contributed by atoms with Crippen molar-refractivity contribution in [1.29, 1.82) is 0 Å². The first kappa shape index (κ1) is 14.8. The number of nitrogens with zero attached hydrogens (tertiary/aromatic N) is 2. The highest BCUT2D eigenvalue weighted by Gasteiger charge is 2.48. The van der Waals surface area contributed by atoms with Crippen molar-refractivity contribution in [3.05, 3.63) is 40.9 Å². The smallest absolute Gasteiger partial charge is 0.238 e. The summed E-state index contributed by atoms with van der Waals surface area (Å²) in [6, 6.07) is 6.81. The molecule has 1 aromatic carbocycles. The number of imide groups is 1. The molecule has 0 bridgehead atoms. The topological polar surface area (TPSA) is 70.0 Å². The molecule has 0 spiro atoms. The van der Waals surface area contributed by atoms with Gasteiger partial charge in [0, 0.05) is 5.03 Å². The number of hydrogen-bond acceptors (Lipinski definition) is 4. The standard InChI is InChI=1S/C16H15ClN2O3/c1-9(18-22)10-2-5-12(6-3-10)19-15(20)13-7-4-11(17)8-14(13)16(19)21/h2-6,13-14,22H,7-8H2,1H3/b18-9-/t13-,14-/m0/s1. The van der Waals surface area contributed by atoms with Gasteiger partial charge in [-0.05, 0) is 37.5 Å². The van der Waals surface area contributed by atoms with E-state index in [-0.39, 0.29) is 23.7 Å². The fraction of sp³-hybridized carbons (Fsp3) is 0.312. The normalized spacial score (nSPS) is 25.3. The van der Waals surface area contributed by atoms with Crippen LogP contribution in [0.25, 0.3) is 0 Å². The van der Waals surface area contributed by atoms with E-state index in [1.54, 1.807) is 31.2 Å². The van der Waals surface area contributed by atoms with Crippen LogP contribution in [0.5, 0.6) is 0 Å². The van der Waals surface area contributed by atoms with Crippen molar-refractivity contribution in [2.24, 2.45) is 17.0 Å². The van der Waals surface area contributed by atoms with Gasteiger partial charge in [0.05, 0.1) is 23.2 Å². The molecule has 2 amide bonds. The third-order valence-electron chi connectivity index (χ3n) is 4.26. The summed E-state index contributed by atoms with van der Waals surface area (Å²) in [7, 11) is 0. The Bertz CT molecular complexity index is 694. The van der Waals surface area contributed by atoms with Gasteiger partial charge in [0.15, 0.2) is 0 Å². The lowest BCUT2D eigenvalue weighted by Gasteiger charge is -2.17. The van der Waals surface area contributed by atoms with Gasteiger partial charge in [-0.25, -0.2) is 0 Å². The third-order valence-corrected chi connectivity index (χ3v) is 4.57. The van der Waals surface area contributed by atoms with Crippen molar-refractivity contribution in [2.45, 2.75) is 19.8 Å². The number of amides is 2. The van der Waals surface area contributed by atoms with Gasteiger partial charge in [-0.3, -0.25) is 14.5 Å². The van der Waals surface area contributed by atoms with Crippen molar-refractivity contribution in [3.8, 4) is 0 Å². The molecule has 114 valence electrons. The summed E-state index contributed by atoms with van der Waals surface area (Å²) in [5.41, 5.74) is 1.73. The van der Waals surface area contributed by atoms with E-state index in [0.29, 0.717) is 29.3 Å². The first-order chi connectivity index (χ1) is 10.5. The summed E-state index contributed by atoms with van der Waals surface area (Å²) in [5, 5.41) is 12.5. The summed E-state index contributed by atoms with van der Waals surface area (Å²) >= 11 is 6.00. The molecule has 1 aliphatic carbocycles. The SMILES string of the molecule is C/C(=N/O)c1ccc(N2C(=O)[C@H]3CC=C(Cl)C[C@@H]3C2=O)cc1. The quantitative estimate of drug-likeness (QED) is 0.394. The average Bonchev–Trinajstić information content (AvgIpc) is 2.78. The summed E-state index contributed by atoms with van der Waals surface area (Å²) in [5.74, 6) is -1.03. The fourth-order valence-corrected chi connectivity index (χ4v) is 3.25. The predicted octanol–water partition coefficient (Wildman–Crippen LogP) is 2.91. The predicted molar refractivity (Wildman–Crippen MR) is 83.1 cm³/mol. The van der Waals surface area contributed by atoms with Crippen LogP contribution in [0.4, 0.5) is 5.69 Å². The van der Waals surface area contributed by atoms with Crippen LogP contribution in [-0.2, 0) is 9.59 Å². The van der Waals surface area contributed by atoms with Crippen LogP contribution >= 0.6 is 11.6 Å². The molecule has 2 atom stereocenters. The van der Waals surface area contributed by atoms with Crippen molar-refractivity contribution in [2.75, 3.05) is 4.90 Å². The Kier molecular flexibility index (Phi) is 3.74. The van der Waals surface area contributed by atoms with E-state index in [2.05, 4.69) is 5.16 Å². The summed E-state index contributed by atoms with van der Waals surface area (Å²) < 4.78 is 0. The Hall–Kier alpha value is -2.14. The molecule has 1 heterocycles. The van der Waals surface area contributed by atoms with Gasteiger partial charge in [-0.15, -0.1) is 0 Å². The Morgan fingerprint density at radius 2 is 1.86 bits per heavy atom.